The van der Waals surface area contributed by atoms with Gasteiger partial charge in [0.25, 0.3) is 0 Å². The molecule has 5 heteroatoms. The number of methoxy groups -OCH3 is 1. The van der Waals surface area contributed by atoms with Gasteiger partial charge in [-0.1, -0.05) is 50.1 Å². The molecule has 0 aliphatic heterocycles. The first kappa shape index (κ1) is 22.5. The Balaban J connectivity index is 1.74. The zero-order chi connectivity index (χ0) is 22.1. The molecule has 0 fully saturated rings. The summed E-state index contributed by atoms with van der Waals surface area (Å²) in [6.07, 6.45) is 5.30. The fourth-order valence-electron chi connectivity index (χ4n) is 3.62. The summed E-state index contributed by atoms with van der Waals surface area (Å²) in [6, 6.07) is 20.0. The van der Waals surface area contributed by atoms with Gasteiger partial charge in [0.1, 0.15) is 5.75 Å². The number of anilines is 1. The number of benzene rings is 2. The van der Waals surface area contributed by atoms with Crippen LogP contribution < -0.4 is 10.1 Å². The maximum Gasteiger partial charge on any atom is 0.322 e. The molecule has 0 aliphatic carbocycles. The molecule has 0 radical (unpaired) electrons. The lowest BCUT2D eigenvalue weighted by Crippen LogP contribution is -2.36. The number of aryl methyl sites for hydroxylation is 1. The monoisotopic (exact) mass is 419 g/mol. The number of aromatic nitrogens is 1. The third-order valence-electron chi connectivity index (χ3n) is 5.52. The Kier molecular flexibility index (Phi) is 8.16. The lowest BCUT2D eigenvalue weighted by atomic mass is 10.1. The summed E-state index contributed by atoms with van der Waals surface area (Å²) in [7, 11) is 1.63. The van der Waals surface area contributed by atoms with Gasteiger partial charge in [-0.15, -0.1) is 0 Å². The van der Waals surface area contributed by atoms with Crippen LogP contribution in [0.4, 0.5) is 10.5 Å². The maximum atomic E-state index is 13.1. The maximum absolute atomic E-state index is 13.1. The van der Waals surface area contributed by atoms with Crippen LogP contribution in [0.2, 0.25) is 0 Å². The average molecular weight is 420 g/mol. The van der Waals surface area contributed by atoms with E-state index in [9.17, 15) is 4.79 Å². The van der Waals surface area contributed by atoms with E-state index in [4.69, 9.17) is 4.74 Å². The summed E-state index contributed by atoms with van der Waals surface area (Å²) < 4.78 is 7.51. The lowest BCUT2D eigenvalue weighted by Gasteiger charge is -2.24. The summed E-state index contributed by atoms with van der Waals surface area (Å²) in [5.41, 5.74) is 4.43. The Bertz CT molecular complexity index is 980. The number of rotatable bonds is 10. The second kappa shape index (κ2) is 11.3. The van der Waals surface area contributed by atoms with Crippen molar-refractivity contribution in [3.8, 4) is 5.75 Å². The van der Waals surface area contributed by atoms with Gasteiger partial charge < -0.3 is 19.5 Å². The molecule has 3 aromatic rings. The largest absolute Gasteiger partial charge is 0.497 e. The van der Waals surface area contributed by atoms with Crippen molar-refractivity contribution in [2.24, 2.45) is 0 Å². The second-order valence-electron chi connectivity index (χ2n) is 7.84. The lowest BCUT2D eigenvalue weighted by molar-refractivity contribution is 0.206. The Labute approximate surface area is 185 Å². The molecule has 1 aromatic heterocycles. The average Bonchev–Trinajstić information content (AvgIpc) is 3.21. The highest BCUT2D eigenvalue weighted by atomic mass is 16.5. The third-order valence-corrected chi connectivity index (χ3v) is 5.52. The van der Waals surface area contributed by atoms with E-state index in [2.05, 4.69) is 66.3 Å². The number of nitrogens with one attached hydrogen (secondary N) is 1. The predicted octanol–water partition coefficient (Wildman–Crippen LogP) is 6.08. The zero-order valence-electron chi connectivity index (χ0n) is 18.8. The number of nitrogens with zero attached hydrogens (tertiary/aromatic N) is 2. The van der Waals surface area contributed by atoms with Crippen LogP contribution in [0, 0.1) is 6.92 Å². The quantitative estimate of drug-likeness (QED) is 0.405. The number of hydrogen-bond acceptors (Lipinski definition) is 2. The summed E-state index contributed by atoms with van der Waals surface area (Å²) in [5.74, 6) is 0.724. The van der Waals surface area contributed by atoms with Crippen molar-refractivity contribution < 1.29 is 9.53 Å². The van der Waals surface area contributed by atoms with Crippen LogP contribution in [-0.4, -0.2) is 29.2 Å². The van der Waals surface area contributed by atoms with E-state index in [0.717, 1.165) is 49.5 Å². The van der Waals surface area contributed by atoms with Gasteiger partial charge in [-0.25, -0.2) is 4.79 Å². The highest BCUT2D eigenvalue weighted by Crippen LogP contribution is 2.19. The molecule has 0 saturated carbocycles. The Morgan fingerprint density at radius 3 is 2.68 bits per heavy atom. The fraction of sp³-hybridized carbons (Fsp3) is 0.346. The van der Waals surface area contributed by atoms with Crippen LogP contribution in [0.5, 0.6) is 5.75 Å². The van der Waals surface area contributed by atoms with Crippen molar-refractivity contribution in [1.29, 1.82) is 0 Å². The standard InChI is InChI=1S/C26H33N3O2/c1-4-5-8-16-29(26(30)27-23-13-9-15-25(18-23)31-3)20-24-14-10-17-28(24)19-22-12-7-6-11-21(22)2/h6-7,9-15,17-18H,4-5,8,16,19-20H2,1-3H3,(H,27,30). The van der Waals surface area contributed by atoms with Crippen LogP contribution in [0.3, 0.4) is 0 Å². The van der Waals surface area contributed by atoms with Crippen molar-refractivity contribution in [3.63, 3.8) is 0 Å². The second-order valence-corrected chi connectivity index (χ2v) is 7.84. The first-order valence-corrected chi connectivity index (χ1v) is 11.0. The van der Waals surface area contributed by atoms with Crippen LogP contribution in [0.15, 0.2) is 66.9 Å². The molecule has 2 amide bonds. The summed E-state index contributed by atoms with van der Waals surface area (Å²) in [5, 5.41) is 3.03. The zero-order valence-corrected chi connectivity index (χ0v) is 18.8. The molecular formula is C26H33N3O2. The molecule has 0 aliphatic rings. The van der Waals surface area contributed by atoms with E-state index in [-0.39, 0.29) is 6.03 Å². The third kappa shape index (κ3) is 6.38. The van der Waals surface area contributed by atoms with E-state index >= 15 is 0 Å². The van der Waals surface area contributed by atoms with Crippen LogP contribution in [-0.2, 0) is 13.1 Å². The van der Waals surface area contributed by atoms with E-state index in [1.165, 1.54) is 11.1 Å². The van der Waals surface area contributed by atoms with E-state index in [1.807, 2.05) is 29.2 Å². The number of unbranched alkanes of at least 4 members (excludes halogenated alkanes) is 2. The number of carbonyl (C=O) groups excluding carboxylic acids is 1. The summed E-state index contributed by atoms with van der Waals surface area (Å²) in [6.45, 7) is 6.40. The van der Waals surface area contributed by atoms with Crippen molar-refractivity contribution in [3.05, 3.63) is 83.7 Å². The number of hydrogen-bond donors (Lipinski definition) is 1. The molecule has 1 N–H and O–H groups in total. The van der Waals surface area contributed by atoms with Crippen molar-refractivity contribution >= 4 is 11.7 Å². The summed E-state index contributed by atoms with van der Waals surface area (Å²) in [4.78, 5) is 15.0. The molecule has 164 valence electrons. The molecule has 0 spiro atoms. The van der Waals surface area contributed by atoms with Gasteiger partial charge in [0.05, 0.1) is 13.7 Å². The van der Waals surface area contributed by atoms with Gasteiger partial charge in [0.2, 0.25) is 0 Å². The number of carbonyl (C=O) groups is 1. The number of urea groups is 1. The van der Waals surface area contributed by atoms with Crippen molar-refractivity contribution in [1.82, 2.24) is 9.47 Å². The Morgan fingerprint density at radius 2 is 1.90 bits per heavy atom. The van der Waals surface area contributed by atoms with Gasteiger partial charge >= 0.3 is 6.03 Å². The first-order valence-electron chi connectivity index (χ1n) is 11.0. The van der Waals surface area contributed by atoms with E-state index in [1.54, 1.807) is 7.11 Å². The molecule has 0 unspecified atom stereocenters. The minimum absolute atomic E-state index is 0.0898. The number of amides is 2. The molecule has 5 nitrogen and oxygen atoms in total. The van der Waals surface area contributed by atoms with Crippen molar-refractivity contribution in [2.75, 3.05) is 19.0 Å². The smallest absolute Gasteiger partial charge is 0.322 e. The van der Waals surface area contributed by atoms with Gasteiger partial charge in [-0.05, 0) is 48.7 Å². The predicted molar refractivity (Wildman–Crippen MR) is 127 cm³/mol. The normalized spacial score (nSPS) is 10.7. The Morgan fingerprint density at radius 1 is 1.06 bits per heavy atom. The molecule has 3 rings (SSSR count). The molecule has 0 atom stereocenters. The molecular weight excluding hydrogens is 386 g/mol. The Hall–Kier alpha value is -3.21. The van der Waals surface area contributed by atoms with Crippen molar-refractivity contribution in [2.45, 2.75) is 46.2 Å². The molecule has 0 saturated heterocycles. The van der Waals surface area contributed by atoms with Crippen LogP contribution in [0.1, 0.15) is 43.0 Å². The SMILES string of the molecule is CCCCCN(Cc1cccn1Cc1ccccc1C)C(=O)Nc1cccc(OC)c1. The topological polar surface area (TPSA) is 46.5 Å². The molecule has 31 heavy (non-hydrogen) atoms. The molecule has 1 heterocycles. The highest BCUT2D eigenvalue weighted by Gasteiger charge is 2.16. The minimum Gasteiger partial charge on any atom is -0.497 e. The van der Waals surface area contributed by atoms with Crippen LogP contribution >= 0.6 is 0 Å². The van der Waals surface area contributed by atoms with Gasteiger partial charge in [-0.2, -0.15) is 0 Å². The van der Waals surface area contributed by atoms with Crippen LogP contribution in [0.25, 0.3) is 0 Å². The molecule has 2 aromatic carbocycles. The number of ether oxygens (including phenoxy) is 1. The van der Waals surface area contributed by atoms with E-state index in [0.29, 0.717) is 6.54 Å². The molecule has 0 bridgehead atoms. The van der Waals surface area contributed by atoms with Gasteiger partial charge in [0, 0.05) is 36.7 Å². The highest BCUT2D eigenvalue weighted by molar-refractivity contribution is 5.89. The first-order chi connectivity index (χ1) is 15.1. The van der Waals surface area contributed by atoms with E-state index < -0.39 is 0 Å². The fourth-order valence-corrected chi connectivity index (χ4v) is 3.62. The van der Waals surface area contributed by atoms with Gasteiger partial charge in [0.15, 0.2) is 0 Å². The summed E-state index contributed by atoms with van der Waals surface area (Å²) >= 11 is 0. The van der Waals surface area contributed by atoms with Gasteiger partial charge in [-0.3, -0.25) is 0 Å². The minimum atomic E-state index is -0.0898.